The van der Waals surface area contributed by atoms with E-state index in [0.29, 0.717) is 27.0 Å². The van der Waals surface area contributed by atoms with Crippen LogP contribution in [-0.2, 0) is 26.2 Å². The predicted molar refractivity (Wildman–Crippen MR) is 144 cm³/mol. The fourth-order valence-electron chi connectivity index (χ4n) is 3.59. The predicted octanol–water partition coefficient (Wildman–Crippen LogP) is 4.49. The summed E-state index contributed by atoms with van der Waals surface area (Å²) in [6, 6.07) is 10.8. The zero-order chi connectivity index (χ0) is 27.0. The maximum atomic E-state index is 13.3. The molecule has 198 valence electrons. The highest BCUT2D eigenvalue weighted by molar-refractivity contribution is 7.92. The van der Waals surface area contributed by atoms with Crippen molar-refractivity contribution in [3.8, 4) is 5.75 Å². The molecule has 2 rings (SSSR count). The number of benzene rings is 2. The van der Waals surface area contributed by atoms with Crippen molar-refractivity contribution in [3.63, 3.8) is 0 Å². The van der Waals surface area contributed by atoms with E-state index in [1.165, 1.54) is 16.3 Å². The SMILES string of the molecule is COc1cccc(N(CCCC(=O)N(Cc2ccc(Cl)cc2Cl)C(C)C(=O)NC(C)C)S(C)(=O)=O)c1. The van der Waals surface area contributed by atoms with Crippen molar-refractivity contribution >= 4 is 50.7 Å². The number of ether oxygens (including phenoxy) is 1. The van der Waals surface area contributed by atoms with E-state index in [2.05, 4.69) is 5.32 Å². The van der Waals surface area contributed by atoms with E-state index in [1.807, 2.05) is 13.8 Å². The van der Waals surface area contributed by atoms with E-state index in [0.717, 1.165) is 6.26 Å². The standard InChI is InChI=1S/C25H33Cl2N3O5S/c1-17(2)28-25(32)18(3)29(16-19-11-12-20(26)14-23(19)27)24(31)10-7-13-30(36(5,33)34)21-8-6-9-22(15-21)35-4/h6,8-9,11-12,14-15,17-18H,7,10,13,16H2,1-5H3,(H,28,32). The molecule has 2 amide bonds. The van der Waals surface area contributed by atoms with Crippen LogP contribution in [0.15, 0.2) is 42.5 Å². The highest BCUT2D eigenvalue weighted by atomic mass is 35.5. The number of hydrogen-bond donors (Lipinski definition) is 1. The van der Waals surface area contributed by atoms with Gasteiger partial charge in [-0.2, -0.15) is 0 Å². The normalized spacial score (nSPS) is 12.2. The van der Waals surface area contributed by atoms with E-state index in [1.54, 1.807) is 49.4 Å². The summed E-state index contributed by atoms with van der Waals surface area (Å²) in [5.41, 5.74) is 1.09. The summed E-state index contributed by atoms with van der Waals surface area (Å²) in [7, 11) is -2.10. The summed E-state index contributed by atoms with van der Waals surface area (Å²) in [5.74, 6) is -0.0719. The molecule has 11 heteroatoms. The molecule has 0 aliphatic rings. The molecule has 0 saturated heterocycles. The largest absolute Gasteiger partial charge is 0.497 e. The Morgan fingerprint density at radius 1 is 1.08 bits per heavy atom. The minimum absolute atomic E-state index is 0.0283. The van der Waals surface area contributed by atoms with Crippen LogP contribution in [0.2, 0.25) is 10.0 Å². The molecule has 0 bridgehead atoms. The molecular weight excluding hydrogens is 525 g/mol. The van der Waals surface area contributed by atoms with Gasteiger partial charge in [0.05, 0.1) is 19.1 Å². The van der Waals surface area contributed by atoms with Crippen LogP contribution < -0.4 is 14.4 Å². The van der Waals surface area contributed by atoms with Crippen molar-refractivity contribution in [2.45, 2.75) is 52.2 Å². The van der Waals surface area contributed by atoms with E-state index >= 15 is 0 Å². The monoisotopic (exact) mass is 557 g/mol. The third-order valence-corrected chi connectivity index (χ3v) is 7.23. The molecule has 36 heavy (non-hydrogen) atoms. The average molecular weight is 559 g/mol. The van der Waals surface area contributed by atoms with Crippen LogP contribution >= 0.6 is 23.2 Å². The molecule has 8 nitrogen and oxygen atoms in total. The van der Waals surface area contributed by atoms with Crippen molar-refractivity contribution in [2.24, 2.45) is 0 Å². The smallest absolute Gasteiger partial charge is 0.242 e. The second-order valence-electron chi connectivity index (χ2n) is 8.74. The number of halogens is 2. The van der Waals surface area contributed by atoms with Crippen LogP contribution in [-0.4, -0.2) is 57.1 Å². The molecule has 0 heterocycles. The highest BCUT2D eigenvalue weighted by Crippen LogP contribution is 2.25. The first-order valence-electron chi connectivity index (χ1n) is 11.5. The lowest BCUT2D eigenvalue weighted by molar-refractivity contribution is -0.140. The van der Waals surface area contributed by atoms with E-state index in [4.69, 9.17) is 27.9 Å². The number of methoxy groups -OCH3 is 1. The topological polar surface area (TPSA) is 96.0 Å². The van der Waals surface area contributed by atoms with Gasteiger partial charge in [0.25, 0.3) is 0 Å². The van der Waals surface area contributed by atoms with Gasteiger partial charge in [0.15, 0.2) is 0 Å². The quantitative estimate of drug-likeness (QED) is 0.414. The summed E-state index contributed by atoms with van der Waals surface area (Å²) >= 11 is 12.3. The van der Waals surface area contributed by atoms with Crippen molar-refractivity contribution < 1.29 is 22.7 Å². The number of amides is 2. The molecule has 1 N–H and O–H groups in total. The minimum atomic E-state index is -3.60. The van der Waals surface area contributed by atoms with Crippen LogP contribution in [0, 0.1) is 0 Å². The maximum absolute atomic E-state index is 13.3. The summed E-state index contributed by atoms with van der Waals surface area (Å²) in [6.45, 7) is 5.52. The second-order valence-corrected chi connectivity index (χ2v) is 11.5. The van der Waals surface area contributed by atoms with Crippen molar-refractivity contribution in [1.82, 2.24) is 10.2 Å². The van der Waals surface area contributed by atoms with E-state index in [9.17, 15) is 18.0 Å². The fourth-order valence-corrected chi connectivity index (χ4v) is 5.02. The molecule has 0 saturated carbocycles. The van der Waals surface area contributed by atoms with Gasteiger partial charge in [-0.25, -0.2) is 8.42 Å². The van der Waals surface area contributed by atoms with Gasteiger partial charge in [0.1, 0.15) is 11.8 Å². The Bertz CT molecular complexity index is 1170. The molecule has 0 aromatic heterocycles. The first-order chi connectivity index (χ1) is 16.8. The third kappa shape index (κ3) is 8.57. The van der Waals surface area contributed by atoms with Gasteiger partial charge in [-0.15, -0.1) is 0 Å². The molecule has 0 aliphatic heterocycles. The molecule has 2 aromatic rings. The van der Waals surface area contributed by atoms with Crippen LogP contribution in [0.3, 0.4) is 0 Å². The fraction of sp³-hybridized carbons (Fsp3) is 0.440. The number of carbonyl (C=O) groups is 2. The number of nitrogens with zero attached hydrogens (tertiary/aromatic N) is 2. The van der Waals surface area contributed by atoms with Crippen LogP contribution in [0.4, 0.5) is 5.69 Å². The number of hydrogen-bond acceptors (Lipinski definition) is 5. The van der Waals surface area contributed by atoms with Crippen molar-refractivity contribution in [2.75, 3.05) is 24.2 Å². The molecule has 0 aliphatic carbocycles. The number of sulfonamides is 1. The zero-order valence-corrected chi connectivity index (χ0v) is 23.5. The van der Waals surface area contributed by atoms with Gasteiger partial charge in [0.2, 0.25) is 21.8 Å². The van der Waals surface area contributed by atoms with Crippen molar-refractivity contribution in [3.05, 3.63) is 58.1 Å². The first-order valence-corrected chi connectivity index (χ1v) is 14.1. The van der Waals surface area contributed by atoms with Gasteiger partial charge in [-0.3, -0.25) is 13.9 Å². The minimum Gasteiger partial charge on any atom is -0.497 e. The third-order valence-electron chi connectivity index (χ3n) is 5.45. The van der Waals surface area contributed by atoms with Gasteiger partial charge in [-0.1, -0.05) is 35.3 Å². The number of nitrogens with one attached hydrogen (secondary N) is 1. The van der Waals surface area contributed by atoms with E-state index < -0.39 is 16.1 Å². The molecule has 2 aromatic carbocycles. The zero-order valence-electron chi connectivity index (χ0n) is 21.1. The number of rotatable bonds is 12. The highest BCUT2D eigenvalue weighted by Gasteiger charge is 2.27. The summed E-state index contributed by atoms with van der Waals surface area (Å²) in [5, 5.41) is 3.68. The Morgan fingerprint density at radius 3 is 2.36 bits per heavy atom. The molecule has 1 atom stereocenters. The second kappa shape index (κ2) is 13.2. The van der Waals surface area contributed by atoms with Crippen LogP contribution in [0.5, 0.6) is 5.75 Å². The molecule has 0 fully saturated rings. The van der Waals surface area contributed by atoms with Crippen molar-refractivity contribution in [1.29, 1.82) is 0 Å². The number of carbonyl (C=O) groups excluding carboxylic acids is 2. The Balaban J connectivity index is 2.21. The van der Waals surface area contributed by atoms with Gasteiger partial charge in [0, 0.05) is 41.7 Å². The molecular formula is C25H33Cl2N3O5S. The summed E-state index contributed by atoms with van der Waals surface area (Å²) in [6.07, 6.45) is 1.38. The molecule has 1 unspecified atom stereocenters. The maximum Gasteiger partial charge on any atom is 0.242 e. The van der Waals surface area contributed by atoms with Crippen LogP contribution in [0.25, 0.3) is 0 Å². The molecule has 0 spiro atoms. The lowest BCUT2D eigenvalue weighted by Crippen LogP contribution is -2.49. The lowest BCUT2D eigenvalue weighted by Gasteiger charge is -2.30. The Labute approximate surface area is 223 Å². The Hall–Kier alpha value is -2.49. The van der Waals surface area contributed by atoms with E-state index in [-0.39, 0.29) is 43.8 Å². The summed E-state index contributed by atoms with van der Waals surface area (Å²) < 4.78 is 31.4. The first kappa shape index (κ1) is 29.7. The van der Waals surface area contributed by atoms with Gasteiger partial charge >= 0.3 is 0 Å². The van der Waals surface area contributed by atoms with Gasteiger partial charge in [-0.05, 0) is 57.0 Å². The lowest BCUT2D eigenvalue weighted by atomic mass is 10.1. The number of anilines is 1. The average Bonchev–Trinajstić information content (AvgIpc) is 2.79. The van der Waals surface area contributed by atoms with Gasteiger partial charge < -0.3 is 15.0 Å². The summed E-state index contributed by atoms with van der Waals surface area (Å²) in [4.78, 5) is 27.5. The van der Waals surface area contributed by atoms with Crippen LogP contribution in [0.1, 0.15) is 39.2 Å². The Morgan fingerprint density at radius 2 is 1.78 bits per heavy atom. The Kier molecular flexibility index (Phi) is 10.9. The molecule has 0 radical (unpaired) electrons.